The minimum absolute atomic E-state index is 0.0312. The van der Waals surface area contributed by atoms with Gasteiger partial charge >= 0.3 is 5.97 Å². The summed E-state index contributed by atoms with van der Waals surface area (Å²) in [6, 6.07) is 0. The molecule has 4 heteroatoms. The molecule has 0 bridgehead atoms. The molecule has 0 spiro atoms. The SMILES string of the molecule is CC(=O)O[C@@]1(C(C)=O)CC[C@@H]2[C@H]3CC=C4C=C(OC5CCCC5)CC[C@]4(C)[C@@H]3CC[C@]21C. The van der Waals surface area contributed by atoms with Crippen molar-refractivity contribution in [1.29, 1.82) is 0 Å². The monoisotopic (exact) mass is 440 g/mol. The lowest BCUT2D eigenvalue weighted by Gasteiger charge is -2.58. The number of ketones is 1. The van der Waals surface area contributed by atoms with E-state index in [4.69, 9.17) is 9.47 Å². The Bertz CT molecular complexity index is 865. The van der Waals surface area contributed by atoms with Crippen LogP contribution in [0.5, 0.6) is 0 Å². The Labute approximate surface area is 193 Å². The molecule has 0 saturated heterocycles. The quantitative estimate of drug-likeness (QED) is 0.482. The summed E-state index contributed by atoms with van der Waals surface area (Å²) in [5, 5.41) is 0. The third-order valence-electron chi connectivity index (χ3n) is 10.4. The summed E-state index contributed by atoms with van der Waals surface area (Å²) >= 11 is 0. The third kappa shape index (κ3) is 3.15. The van der Waals surface area contributed by atoms with Crippen LogP contribution >= 0.6 is 0 Å². The van der Waals surface area contributed by atoms with Gasteiger partial charge in [0, 0.05) is 18.8 Å². The van der Waals surface area contributed by atoms with Crippen molar-refractivity contribution in [2.75, 3.05) is 0 Å². The fourth-order valence-electron chi connectivity index (χ4n) is 8.67. The van der Waals surface area contributed by atoms with Gasteiger partial charge in [-0.3, -0.25) is 9.59 Å². The zero-order valence-corrected chi connectivity index (χ0v) is 20.4. The van der Waals surface area contributed by atoms with Gasteiger partial charge in [-0.1, -0.05) is 19.9 Å². The first-order valence-corrected chi connectivity index (χ1v) is 13.0. The Morgan fingerprint density at radius 1 is 0.969 bits per heavy atom. The normalized spacial score (nSPS) is 43.4. The Kier molecular flexibility index (Phi) is 5.37. The van der Waals surface area contributed by atoms with Crippen LogP contribution in [0.1, 0.15) is 98.3 Å². The van der Waals surface area contributed by atoms with Crippen molar-refractivity contribution in [3.8, 4) is 0 Å². The van der Waals surface area contributed by atoms with Crippen molar-refractivity contribution in [1.82, 2.24) is 0 Å². The molecule has 0 N–H and O–H groups in total. The Balaban J connectivity index is 1.42. The topological polar surface area (TPSA) is 52.6 Å². The Morgan fingerprint density at radius 2 is 1.69 bits per heavy atom. The summed E-state index contributed by atoms with van der Waals surface area (Å²) in [7, 11) is 0. The van der Waals surface area contributed by atoms with Gasteiger partial charge in [0.25, 0.3) is 0 Å². The fraction of sp³-hybridized carbons (Fsp3) is 0.786. The molecule has 5 aliphatic carbocycles. The largest absolute Gasteiger partial charge is 0.495 e. The van der Waals surface area contributed by atoms with E-state index in [1.807, 2.05) is 0 Å². The smallest absolute Gasteiger partial charge is 0.303 e. The number of hydrogen-bond acceptors (Lipinski definition) is 4. The molecule has 0 aliphatic heterocycles. The molecule has 5 rings (SSSR count). The first kappa shape index (κ1) is 22.2. The molecule has 0 amide bonds. The zero-order valence-electron chi connectivity index (χ0n) is 20.4. The highest BCUT2D eigenvalue weighted by Gasteiger charge is 2.67. The van der Waals surface area contributed by atoms with Crippen LogP contribution in [0.15, 0.2) is 23.5 Å². The molecule has 32 heavy (non-hydrogen) atoms. The highest BCUT2D eigenvalue weighted by Crippen LogP contribution is 2.67. The number of esters is 1. The molecule has 176 valence electrons. The van der Waals surface area contributed by atoms with Crippen LogP contribution in [0.25, 0.3) is 0 Å². The van der Waals surface area contributed by atoms with Crippen LogP contribution in [0, 0.1) is 28.6 Å². The first-order chi connectivity index (χ1) is 15.2. The van der Waals surface area contributed by atoms with Crippen LogP contribution < -0.4 is 0 Å². The van der Waals surface area contributed by atoms with Crippen molar-refractivity contribution >= 4 is 11.8 Å². The summed E-state index contributed by atoms with van der Waals surface area (Å²) in [5.41, 5.74) is 0.482. The highest BCUT2D eigenvalue weighted by molar-refractivity contribution is 5.89. The molecule has 0 radical (unpaired) electrons. The lowest BCUT2D eigenvalue weighted by atomic mass is 9.47. The van der Waals surface area contributed by atoms with E-state index in [1.54, 1.807) is 6.92 Å². The maximum absolute atomic E-state index is 12.9. The van der Waals surface area contributed by atoms with Gasteiger partial charge in [0.05, 0.1) is 11.9 Å². The molecule has 4 nitrogen and oxygen atoms in total. The molecule has 0 aromatic carbocycles. The average molecular weight is 441 g/mol. The maximum atomic E-state index is 12.9. The summed E-state index contributed by atoms with van der Waals surface area (Å²) < 4.78 is 12.3. The van der Waals surface area contributed by atoms with Crippen molar-refractivity contribution in [2.45, 2.75) is 110 Å². The predicted octanol–water partition coefficient (Wildman–Crippen LogP) is 6.29. The molecular weight excluding hydrogens is 400 g/mol. The van der Waals surface area contributed by atoms with E-state index in [9.17, 15) is 9.59 Å². The van der Waals surface area contributed by atoms with Crippen molar-refractivity contribution in [2.24, 2.45) is 28.6 Å². The van der Waals surface area contributed by atoms with Gasteiger partial charge in [-0.2, -0.15) is 0 Å². The number of ether oxygens (including phenoxy) is 2. The molecular formula is C28H40O4. The molecule has 0 unspecified atom stereocenters. The molecule has 3 saturated carbocycles. The minimum Gasteiger partial charge on any atom is -0.495 e. The van der Waals surface area contributed by atoms with Crippen molar-refractivity contribution in [3.63, 3.8) is 0 Å². The zero-order chi connectivity index (χ0) is 22.7. The second kappa shape index (κ2) is 7.74. The van der Waals surface area contributed by atoms with E-state index in [1.165, 1.54) is 43.9 Å². The molecule has 5 aliphatic rings. The number of fused-ring (bicyclic) bond motifs is 5. The van der Waals surface area contributed by atoms with Gasteiger partial charge in [-0.15, -0.1) is 0 Å². The summed E-state index contributed by atoms with van der Waals surface area (Å²) in [5.74, 6) is 2.53. The minimum atomic E-state index is -0.936. The van der Waals surface area contributed by atoms with E-state index in [0.29, 0.717) is 30.3 Å². The van der Waals surface area contributed by atoms with E-state index < -0.39 is 5.60 Å². The van der Waals surface area contributed by atoms with Crippen LogP contribution in [0.4, 0.5) is 0 Å². The first-order valence-electron chi connectivity index (χ1n) is 13.0. The summed E-state index contributed by atoms with van der Waals surface area (Å²) in [6.45, 7) is 7.78. The molecule has 0 heterocycles. The van der Waals surface area contributed by atoms with Crippen LogP contribution in [-0.2, 0) is 19.1 Å². The van der Waals surface area contributed by atoms with Crippen LogP contribution in [0.3, 0.4) is 0 Å². The molecule has 3 fully saturated rings. The van der Waals surface area contributed by atoms with Crippen LogP contribution in [0.2, 0.25) is 0 Å². The van der Waals surface area contributed by atoms with Crippen molar-refractivity contribution in [3.05, 3.63) is 23.5 Å². The lowest BCUT2D eigenvalue weighted by molar-refractivity contribution is -0.186. The van der Waals surface area contributed by atoms with Gasteiger partial charge in [0.15, 0.2) is 11.4 Å². The number of carbonyl (C=O) groups is 2. The standard InChI is InChI=1S/C28H40O4/c1-18(29)28(32-19(2)30)16-13-25-23-10-9-20-17-22(31-21-7-5-6-8-21)11-14-26(20,3)24(23)12-15-27(25,28)4/h9,17,21,23-25H,5-8,10-16H2,1-4H3/t23-,24+,25+,26-,27+,28+/m0/s1. The fourth-order valence-corrected chi connectivity index (χ4v) is 8.67. The van der Waals surface area contributed by atoms with Crippen molar-refractivity contribution < 1.29 is 19.1 Å². The van der Waals surface area contributed by atoms with Crippen LogP contribution in [-0.4, -0.2) is 23.5 Å². The third-order valence-corrected chi connectivity index (χ3v) is 10.4. The maximum Gasteiger partial charge on any atom is 0.303 e. The number of hydrogen-bond donors (Lipinski definition) is 0. The van der Waals surface area contributed by atoms with Gasteiger partial charge < -0.3 is 9.47 Å². The number of allylic oxidation sites excluding steroid dienone is 4. The number of rotatable bonds is 4. The molecule has 0 aromatic rings. The number of carbonyl (C=O) groups excluding carboxylic acids is 2. The second-order valence-corrected chi connectivity index (χ2v) is 11.8. The van der Waals surface area contributed by atoms with E-state index in [-0.39, 0.29) is 22.6 Å². The Morgan fingerprint density at radius 3 is 2.38 bits per heavy atom. The second-order valence-electron chi connectivity index (χ2n) is 11.8. The molecule has 6 atom stereocenters. The van der Waals surface area contributed by atoms with Gasteiger partial charge in [0.2, 0.25) is 0 Å². The van der Waals surface area contributed by atoms with Gasteiger partial charge in [-0.25, -0.2) is 0 Å². The van der Waals surface area contributed by atoms with Gasteiger partial charge in [-0.05, 0) is 106 Å². The lowest BCUT2D eigenvalue weighted by Crippen LogP contribution is -2.58. The number of Topliss-reactive ketones (excluding diaryl/α,β-unsaturated/α-hetero) is 1. The average Bonchev–Trinajstić information content (AvgIpc) is 3.34. The van der Waals surface area contributed by atoms with Gasteiger partial charge in [0.1, 0.15) is 0 Å². The molecule has 0 aromatic heterocycles. The van der Waals surface area contributed by atoms with E-state index >= 15 is 0 Å². The van der Waals surface area contributed by atoms with E-state index in [0.717, 1.165) is 38.5 Å². The predicted molar refractivity (Wildman–Crippen MR) is 124 cm³/mol. The summed E-state index contributed by atoms with van der Waals surface area (Å²) in [6.07, 6.45) is 17.3. The summed E-state index contributed by atoms with van der Waals surface area (Å²) in [4.78, 5) is 24.9. The van der Waals surface area contributed by atoms with E-state index in [2.05, 4.69) is 26.0 Å². The Hall–Kier alpha value is -1.58. The highest BCUT2D eigenvalue weighted by atomic mass is 16.6.